The molecule has 0 aliphatic heterocycles. The normalized spacial score (nSPS) is 20.4. The second kappa shape index (κ2) is 4.94. The van der Waals surface area contributed by atoms with Crippen molar-refractivity contribution in [3.8, 4) is 0 Å². The van der Waals surface area contributed by atoms with Crippen molar-refractivity contribution in [1.82, 2.24) is 0 Å². The van der Waals surface area contributed by atoms with E-state index >= 15 is 0 Å². The third-order valence-electron chi connectivity index (χ3n) is 2.77. The van der Waals surface area contributed by atoms with Gasteiger partial charge in [-0.25, -0.2) is 0 Å². The van der Waals surface area contributed by atoms with Crippen LogP contribution in [0, 0.1) is 5.92 Å². The molecule has 1 rings (SSSR count). The lowest BCUT2D eigenvalue weighted by Gasteiger charge is -2.03. The minimum absolute atomic E-state index is 0.143. The molecule has 1 nitrogen and oxygen atoms in total. The molecule has 76 valence electrons. The van der Waals surface area contributed by atoms with Crippen LogP contribution in [0.5, 0.6) is 0 Å². The van der Waals surface area contributed by atoms with Crippen molar-refractivity contribution in [3.63, 3.8) is 0 Å². The minimum Gasteiger partial charge on any atom is -0.295 e. The monoisotopic (exact) mass is 190 g/mol. The largest absolute Gasteiger partial charge is 0.295 e. The summed E-state index contributed by atoms with van der Waals surface area (Å²) in [5.41, 5.74) is 2.64. The Bertz CT molecular complexity index is 284. The number of hydrogen-bond donors (Lipinski definition) is 0. The number of hydrogen-bond acceptors (Lipinski definition) is 1. The van der Waals surface area contributed by atoms with Crippen LogP contribution >= 0.6 is 0 Å². The Balaban J connectivity index is 2.40. The summed E-state index contributed by atoms with van der Waals surface area (Å²) in [7, 11) is 0. The molecule has 1 aliphatic rings. The average Bonchev–Trinajstić information content (AvgIpc) is 2.62. The maximum atomic E-state index is 11.0. The molecule has 0 N–H and O–H groups in total. The number of ketones is 1. The lowest BCUT2D eigenvalue weighted by molar-refractivity contribution is -0.114. The Morgan fingerprint density at radius 2 is 2.43 bits per heavy atom. The van der Waals surface area contributed by atoms with E-state index in [0.29, 0.717) is 12.3 Å². The molecule has 0 bridgehead atoms. The van der Waals surface area contributed by atoms with Crippen molar-refractivity contribution in [2.45, 2.75) is 32.6 Å². The number of allylic oxidation sites excluding steroid dienone is 4. The van der Waals surface area contributed by atoms with Crippen LogP contribution in [0.2, 0.25) is 0 Å². The highest BCUT2D eigenvalue weighted by Gasteiger charge is 2.15. The zero-order valence-corrected chi connectivity index (χ0v) is 8.88. The Labute approximate surface area is 86.2 Å². The number of carbonyl (C=O) groups is 1. The van der Waals surface area contributed by atoms with Crippen LogP contribution in [0.25, 0.3) is 0 Å². The van der Waals surface area contributed by atoms with Gasteiger partial charge in [0.2, 0.25) is 0 Å². The zero-order chi connectivity index (χ0) is 10.6. The maximum Gasteiger partial charge on any atom is 0.155 e. The van der Waals surface area contributed by atoms with Crippen LogP contribution in [0.15, 0.2) is 36.5 Å². The van der Waals surface area contributed by atoms with E-state index in [1.54, 1.807) is 0 Å². The van der Waals surface area contributed by atoms with Crippen molar-refractivity contribution in [3.05, 3.63) is 36.5 Å². The summed E-state index contributed by atoms with van der Waals surface area (Å²) >= 11 is 0. The summed E-state index contributed by atoms with van der Waals surface area (Å²) in [5.74, 6) is 0.688. The topological polar surface area (TPSA) is 17.1 Å². The van der Waals surface area contributed by atoms with Crippen LogP contribution in [-0.4, -0.2) is 5.78 Å². The van der Waals surface area contributed by atoms with Crippen LogP contribution < -0.4 is 0 Å². The summed E-state index contributed by atoms with van der Waals surface area (Å²) < 4.78 is 0. The first-order valence-corrected chi connectivity index (χ1v) is 5.13. The van der Waals surface area contributed by atoms with Crippen LogP contribution in [0.4, 0.5) is 0 Å². The molecule has 0 saturated carbocycles. The van der Waals surface area contributed by atoms with Crippen LogP contribution in [0.1, 0.15) is 32.6 Å². The fourth-order valence-electron chi connectivity index (χ4n) is 1.77. The molecule has 1 aliphatic carbocycles. The van der Waals surface area contributed by atoms with Gasteiger partial charge in [0.25, 0.3) is 0 Å². The highest BCUT2D eigenvalue weighted by atomic mass is 16.1. The molecule has 1 heteroatoms. The summed E-state index contributed by atoms with van der Waals surface area (Å²) in [6.07, 6.45) is 7.49. The molecule has 0 fully saturated rings. The van der Waals surface area contributed by atoms with Gasteiger partial charge in [0.05, 0.1) is 0 Å². The first kappa shape index (κ1) is 11.0. The minimum atomic E-state index is 0.143. The van der Waals surface area contributed by atoms with E-state index in [-0.39, 0.29) is 5.78 Å². The van der Waals surface area contributed by atoms with Gasteiger partial charge in [-0.15, -0.1) is 0 Å². The average molecular weight is 190 g/mol. The molecule has 0 saturated heterocycles. The fourth-order valence-corrected chi connectivity index (χ4v) is 1.77. The third-order valence-corrected chi connectivity index (χ3v) is 2.77. The highest BCUT2D eigenvalue weighted by molar-refractivity contribution is 5.89. The molecule has 0 aromatic carbocycles. The van der Waals surface area contributed by atoms with E-state index < -0.39 is 0 Å². The molecule has 0 aromatic heterocycles. The highest BCUT2D eigenvalue weighted by Crippen LogP contribution is 2.30. The van der Waals surface area contributed by atoms with E-state index in [1.807, 2.05) is 0 Å². The maximum absolute atomic E-state index is 11.0. The fraction of sp³-hybridized carbons (Fsp3) is 0.462. The standard InChI is InChI=1S/C13H18O/c1-4-13(14)8-6-11-5-7-12(9-11)10(2)3/h4,9,12H,1-2,5-8H2,3H3. The second-order valence-electron chi connectivity index (χ2n) is 3.99. The van der Waals surface area contributed by atoms with E-state index in [1.165, 1.54) is 23.6 Å². The smallest absolute Gasteiger partial charge is 0.155 e. The van der Waals surface area contributed by atoms with Gasteiger partial charge in [-0.1, -0.05) is 30.4 Å². The van der Waals surface area contributed by atoms with Gasteiger partial charge in [-0.3, -0.25) is 4.79 Å². The molecule has 0 spiro atoms. The second-order valence-corrected chi connectivity index (χ2v) is 3.99. The number of rotatable bonds is 5. The van der Waals surface area contributed by atoms with Gasteiger partial charge in [-0.2, -0.15) is 0 Å². The SMILES string of the molecule is C=CC(=O)CCC1=CC(C(=C)C)CC1. The molecule has 0 aromatic rings. The summed E-state index contributed by atoms with van der Waals surface area (Å²) in [6, 6.07) is 0. The molecule has 0 radical (unpaired) electrons. The Morgan fingerprint density at radius 1 is 1.71 bits per heavy atom. The Morgan fingerprint density at radius 3 is 2.93 bits per heavy atom. The van der Waals surface area contributed by atoms with E-state index in [0.717, 1.165) is 12.8 Å². The quantitative estimate of drug-likeness (QED) is 0.479. The summed E-state index contributed by atoms with van der Waals surface area (Å²) in [4.78, 5) is 11.0. The molecular weight excluding hydrogens is 172 g/mol. The molecule has 1 atom stereocenters. The van der Waals surface area contributed by atoms with Crippen molar-refractivity contribution >= 4 is 5.78 Å². The van der Waals surface area contributed by atoms with E-state index in [4.69, 9.17) is 0 Å². The van der Waals surface area contributed by atoms with Gasteiger partial charge >= 0.3 is 0 Å². The van der Waals surface area contributed by atoms with Gasteiger partial charge in [0, 0.05) is 6.42 Å². The Kier molecular flexibility index (Phi) is 3.87. The molecule has 0 amide bonds. The van der Waals surface area contributed by atoms with Gasteiger partial charge in [0.1, 0.15) is 0 Å². The Hall–Kier alpha value is -1.11. The predicted molar refractivity (Wildman–Crippen MR) is 60.1 cm³/mol. The van der Waals surface area contributed by atoms with Crippen molar-refractivity contribution in [2.24, 2.45) is 5.92 Å². The summed E-state index contributed by atoms with van der Waals surface area (Å²) in [6.45, 7) is 9.49. The molecule has 0 heterocycles. The van der Waals surface area contributed by atoms with Gasteiger partial charge in [0.15, 0.2) is 5.78 Å². The summed E-state index contributed by atoms with van der Waals surface area (Å²) in [5, 5.41) is 0. The van der Waals surface area contributed by atoms with Crippen molar-refractivity contribution < 1.29 is 4.79 Å². The van der Waals surface area contributed by atoms with E-state index in [9.17, 15) is 4.79 Å². The third kappa shape index (κ3) is 2.99. The lowest BCUT2D eigenvalue weighted by Crippen LogP contribution is -1.92. The number of carbonyl (C=O) groups excluding carboxylic acids is 1. The molecular formula is C13H18O. The first-order valence-electron chi connectivity index (χ1n) is 5.13. The van der Waals surface area contributed by atoms with Gasteiger partial charge < -0.3 is 0 Å². The van der Waals surface area contributed by atoms with Crippen molar-refractivity contribution in [2.75, 3.05) is 0 Å². The first-order chi connectivity index (χ1) is 6.63. The van der Waals surface area contributed by atoms with E-state index in [2.05, 4.69) is 26.2 Å². The zero-order valence-electron chi connectivity index (χ0n) is 8.88. The lowest BCUT2D eigenvalue weighted by atomic mass is 10.0. The van der Waals surface area contributed by atoms with Crippen molar-refractivity contribution in [1.29, 1.82) is 0 Å². The molecule has 1 unspecified atom stereocenters. The van der Waals surface area contributed by atoms with Crippen LogP contribution in [-0.2, 0) is 4.79 Å². The predicted octanol–water partition coefficient (Wildman–Crippen LogP) is 3.43. The molecule has 14 heavy (non-hydrogen) atoms. The van der Waals surface area contributed by atoms with Gasteiger partial charge in [-0.05, 0) is 38.2 Å². The van der Waals surface area contributed by atoms with Crippen LogP contribution in [0.3, 0.4) is 0 Å².